The number of sulfonamides is 1. The van der Waals surface area contributed by atoms with Gasteiger partial charge in [0, 0.05) is 31.4 Å². The van der Waals surface area contributed by atoms with Crippen molar-refractivity contribution >= 4 is 16.0 Å². The lowest BCUT2D eigenvalue weighted by molar-refractivity contribution is 0.0696. The normalized spacial score (nSPS) is 20.3. The zero-order valence-electron chi connectivity index (χ0n) is 12.3. The smallest absolute Gasteiger partial charge is 0.337 e. The standard InChI is InChI=1S/C13H19N3O4S/c1-13(2)9-16(7-6-15(13)3)21(19,20)11-5-4-10(8-14-11)12(17)18/h4-5,8H,6-7,9H2,1-3H3,(H,17,18). The number of carbonyl (C=O) groups is 1. The molecule has 0 atom stereocenters. The number of carboxylic acid groups (broad SMARTS) is 1. The largest absolute Gasteiger partial charge is 0.478 e. The topological polar surface area (TPSA) is 90.8 Å². The molecule has 1 saturated heterocycles. The van der Waals surface area contributed by atoms with Crippen LogP contribution in [0.2, 0.25) is 0 Å². The number of nitrogens with zero attached hydrogens (tertiary/aromatic N) is 3. The molecule has 7 nitrogen and oxygen atoms in total. The van der Waals surface area contributed by atoms with Crippen molar-refractivity contribution in [1.29, 1.82) is 0 Å². The van der Waals surface area contributed by atoms with Crippen molar-refractivity contribution in [1.82, 2.24) is 14.2 Å². The van der Waals surface area contributed by atoms with Gasteiger partial charge >= 0.3 is 5.97 Å². The summed E-state index contributed by atoms with van der Waals surface area (Å²) in [5.41, 5.74) is -0.292. The van der Waals surface area contributed by atoms with E-state index in [0.29, 0.717) is 19.6 Å². The Labute approximate surface area is 124 Å². The average molecular weight is 313 g/mol. The van der Waals surface area contributed by atoms with E-state index >= 15 is 0 Å². The summed E-state index contributed by atoms with van der Waals surface area (Å²) in [5.74, 6) is -1.13. The first-order valence-corrected chi connectivity index (χ1v) is 7.99. The monoisotopic (exact) mass is 313 g/mol. The number of carboxylic acids is 1. The molecule has 0 saturated carbocycles. The molecule has 0 radical (unpaired) electrons. The first kappa shape index (κ1) is 15.9. The van der Waals surface area contributed by atoms with E-state index in [-0.39, 0.29) is 16.1 Å². The quantitative estimate of drug-likeness (QED) is 0.873. The molecule has 8 heteroatoms. The predicted octanol–water partition coefficient (Wildman–Crippen LogP) is 0.494. The summed E-state index contributed by atoms with van der Waals surface area (Å²) in [5, 5.41) is 8.70. The van der Waals surface area contributed by atoms with Crippen LogP contribution in [0.1, 0.15) is 24.2 Å². The third-order valence-electron chi connectivity index (χ3n) is 3.87. The van der Waals surface area contributed by atoms with Crippen molar-refractivity contribution in [3.05, 3.63) is 23.9 Å². The van der Waals surface area contributed by atoms with Crippen molar-refractivity contribution in [3.63, 3.8) is 0 Å². The lowest BCUT2D eigenvalue weighted by Crippen LogP contribution is -2.58. The highest BCUT2D eigenvalue weighted by molar-refractivity contribution is 7.89. The second kappa shape index (κ2) is 5.36. The van der Waals surface area contributed by atoms with Crippen molar-refractivity contribution in [2.75, 3.05) is 26.7 Å². The van der Waals surface area contributed by atoms with Crippen LogP contribution >= 0.6 is 0 Å². The Morgan fingerprint density at radius 2 is 2.00 bits per heavy atom. The highest BCUT2D eigenvalue weighted by Crippen LogP contribution is 2.24. The van der Waals surface area contributed by atoms with Crippen LogP contribution in [0.15, 0.2) is 23.4 Å². The molecule has 116 valence electrons. The van der Waals surface area contributed by atoms with Gasteiger partial charge in [-0.25, -0.2) is 18.2 Å². The van der Waals surface area contributed by atoms with Crippen LogP contribution in [0.5, 0.6) is 0 Å². The summed E-state index contributed by atoms with van der Waals surface area (Å²) < 4.78 is 26.5. The first-order valence-electron chi connectivity index (χ1n) is 6.55. The minimum atomic E-state index is -3.70. The zero-order valence-corrected chi connectivity index (χ0v) is 13.1. The van der Waals surface area contributed by atoms with Gasteiger partial charge in [0.15, 0.2) is 5.03 Å². The number of aromatic carboxylic acids is 1. The van der Waals surface area contributed by atoms with Gasteiger partial charge < -0.3 is 5.11 Å². The number of pyridine rings is 1. The molecule has 1 fully saturated rings. The highest BCUT2D eigenvalue weighted by atomic mass is 32.2. The van der Waals surface area contributed by atoms with E-state index in [1.165, 1.54) is 16.4 Å². The summed E-state index contributed by atoms with van der Waals surface area (Å²) in [6, 6.07) is 2.49. The van der Waals surface area contributed by atoms with Gasteiger partial charge in [-0.3, -0.25) is 4.90 Å². The van der Waals surface area contributed by atoms with Crippen LogP contribution in [0, 0.1) is 0 Å². The molecule has 1 aliphatic rings. The SMILES string of the molecule is CN1CCN(S(=O)(=O)c2ccc(C(=O)O)cn2)CC1(C)C. The van der Waals surface area contributed by atoms with E-state index in [2.05, 4.69) is 9.88 Å². The molecular formula is C13H19N3O4S. The van der Waals surface area contributed by atoms with Gasteiger partial charge in [0.2, 0.25) is 0 Å². The maximum atomic E-state index is 12.6. The third kappa shape index (κ3) is 3.07. The van der Waals surface area contributed by atoms with E-state index in [9.17, 15) is 13.2 Å². The molecule has 2 rings (SSSR count). The Bertz CT molecular complexity index is 640. The van der Waals surface area contributed by atoms with Crippen molar-refractivity contribution < 1.29 is 18.3 Å². The molecule has 2 heterocycles. The Kier molecular flexibility index (Phi) is 4.05. The molecule has 0 aromatic carbocycles. The van der Waals surface area contributed by atoms with Gasteiger partial charge in [-0.2, -0.15) is 4.31 Å². The molecular weight excluding hydrogens is 294 g/mol. The molecule has 21 heavy (non-hydrogen) atoms. The molecule has 1 N–H and O–H groups in total. The summed E-state index contributed by atoms with van der Waals surface area (Å²) in [7, 11) is -1.73. The van der Waals surface area contributed by atoms with E-state index in [1.807, 2.05) is 20.9 Å². The number of likely N-dealkylation sites (N-methyl/N-ethyl adjacent to an activating group) is 1. The number of hydrogen-bond acceptors (Lipinski definition) is 5. The van der Waals surface area contributed by atoms with E-state index < -0.39 is 16.0 Å². The van der Waals surface area contributed by atoms with E-state index in [0.717, 1.165) is 6.20 Å². The average Bonchev–Trinajstić information content (AvgIpc) is 2.41. The molecule has 0 amide bonds. The van der Waals surface area contributed by atoms with E-state index in [4.69, 9.17) is 5.11 Å². The second-order valence-electron chi connectivity index (χ2n) is 5.76. The maximum Gasteiger partial charge on any atom is 0.337 e. The van der Waals surface area contributed by atoms with Gasteiger partial charge in [-0.1, -0.05) is 0 Å². The van der Waals surface area contributed by atoms with Crippen molar-refractivity contribution in [2.45, 2.75) is 24.4 Å². The number of aromatic nitrogens is 1. The van der Waals surface area contributed by atoms with Crippen molar-refractivity contribution in [2.24, 2.45) is 0 Å². The molecule has 1 aliphatic heterocycles. The van der Waals surface area contributed by atoms with Crippen LogP contribution in [0.4, 0.5) is 0 Å². The Morgan fingerprint density at radius 3 is 2.48 bits per heavy atom. The maximum absolute atomic E-state index is 12.6. The lowest BCUT2D eigenvalue weighted by atomic mass is 10.0. The molecule has 1 aromatic heterocycles. The lowest BCUT2D eigenvalue weighted by Gasteiger charge is -2.44. The van der Waals surface area contributed by atoms with E-state index in [1.54, 1.807) is 0 Å². The third-order valence-corrected chi connectivity index (χ3v) is 5.63. The van der Waals surface area contributed by atoms with Gasteiger partial charge in [-0.15, -0.1) is 0 Å². The first-order chi connectivity index (χ1) is 9.64. The van der Waals surface area contributed by atoms with Gasteiger partial charge in [0.25, 0.3) is 10.0 Å². The molecule has 0 bridgehead atoms. The van der Waals surface area contributed by atoms with Crippen LogP contribution in [-0.4, -0.2) is 65.9 Å². The summed E-state index contributed by atoms with van der Waals surface area (Å²) in [6.45, 7) is 5.36. The Hall–Kier alpha value is -1.51. The fourth-order valence-corrected chi connectivity index (χ4v) is 3.69. The highest BCUT2D eigenvalue weighted by Gasteiger charge is 2.37. The summed E-state index contributed by atoms with van der Waals surface area (Å²) in [4.78, 5) is 16.7. The molecule has 0 spiro atoms. The summed E-state index contributed by atoms with van der Waals surface area (Å²) in [6.07, 6.45) is 1.07. The van der Waals surface area contributed by atoms with Crippen LogP contribution in [0.3, 0.4) is 0 Å². The second-order valence-corrected chi connectivity index (χ2v) is 7.65. The molecule has 0 aliphatic carbocycles. The molecule has 0 unspecified atom stereocenters. The van der Waals surface area contributed by atoms with Gasteiger partial charge in [-0.05, 0) is 33.0 Å². The fraction of sp³-hybridized carbons (Fsp3) is 0.538. The van der Waals surface area contributed by atoms with Crippen molar-refractivity contribution in [3.8, 4) is 0 Å². The fourth-order valence-electron chi connectivity index (χ4n) is 2.19. The minimum Gasteiger partial charge on any atom is -0.478 e. The number of piperazine rings is 1. The van der Waals surface area contributed by atoms with Gasteiger partial charge in [0.05, 0.1) is 5.56 Å². The van der Waals surface area contributed by atoms with Gasteiger partial charge in [0.1, 0.15) is 0 Å². The summed E-state index contributed by atoms with van der Waals surface area (Å²) >= 11 is 0. The van der Waals surface area contributed by atoms with Crippen LogP contribution < -0.4 is 0 Å². The van der Waals surface area contributed by atoms with Crippen LogP contribution in [-0.2, 0) is 10.0 Å². The predicted molar refractivity (Wildman–Crippen MR) is 76.7 cm³/mol. The van der Waals surface area contributed by atoms with Crippen LogP contribution in [0.25, 0.3) is 0 Å². The molecule has 1 aromatic rings. The zero-order chi connectivity index (χ0) is 15.8. The Morgan fingerprint density at radius 1 is 1.33 bits per heavy atom. The number of hydrogen-bond donors (Lipinski definition) is 1. The minimum absolute atomic E-state index is 0.0346. The number of rotatable bonds is 3. The Balaban J connectivity index is 2.28.